The van der Waals surface area contributed by atoms with Crippen molar-refractivity contribution in [3.8, 4) is 0 Å². The Labute approximate surface area is 197 Å². The van der Waals surface area contributed by atoms with E-state index in [2.05, 4.69) is 63.2 Å². The highest BCUT2D eigenvalue weighted by Crippen LogP contribution is 2.30. The van der Waals surface area contributed by atoms with Crippen LogP contribution in [0.1, 0.15) is 79.8 Å². The van der Waals surface area contributed by atoms with Crippen LogP contribution < -0.4 is 22.1 Å². The molecule has 33 heavy (non-hydrogen) atoms. The summed E-state index contributed by atoms with van der Waals surface area (Å²) < 4.78 is 0. The van der Waals surface area contributed by atoms with Crippen LogP contribution in [0, 0.1) is 0 Å². The molecule has 0 fully saturated rings. The first-order valence-electron chi connectivity index (χ1n) is 11.2. The summed E-state index contributed by atoms with van der Waals surface area (Å²) >= 11 is 0. The minimum Gasteiger partial charge on any atom is -0.370 e. The lowest BCUT2D eigenvalue weighted by Crippen LogP contribution is -2.27. The van der Waals surface area contributed by atoms with Gasteiger partial charge >= 0.3 is 0 Å². The Kier molecular flexibility index (Phi) is 8.25. The fourth-order valence-electron chi connectivity index (χ4n) is 3.19. The zero-order chi connectivity index (χ0) is 24.8. The number of nitrogens with one attached hydrogen (secondary N) is 2. The number of para-hydroxylation sites is 1. The van der Waals surface area contributed by atoms with Crippen LogP contribution in [-0.2, 0) is 10.8 Å². The van der Waals surface area contributed by atoms with E-state index in [-0.39, 0.29) is 28.6 Å². The van der Waals surface area contributed by atoms with Gasteiger partial charge < -0.3 is 22.1 Å². The zero-order valence-electron chi connectivity index (χ0n) is 20.6. The van der Waals surface area contributed by atoms with E-state index in [0.717, 1.165) is 11.1 Å². The molecule has 0 saturated heterocycles. The van der Waals surface area contributed by atoms with Gasteiger partial charge in [0, 0.05) is 18.7 Å². The van der Waals surface area contributed by atoms with Crippen molar-refractivity contribution in [1.29, 1.82) is 0 Å². The van der Waals surface area contributed by atoms with E-state index in [1.54, 1.807) is 24.3 Å². The fourth-order valence-corrected chi connectivity index (χ4v) is 3.19. The van der Waals surface area contributed by atoms with Crippen LogP contribution in [0.4, 0.5) is 5.69 Å². The number of nitrogens with two attached hydrogens (primary N) is 2. The van der Waals surface area contributed by atoms with Crippen molar-refractivity contribution in [2.45, 2.75) is 58.8 Å². The number of aliphatic imine (C=N–C) groups is 1. The number of benzene rings is 2. The number of nitrogens with zero attached hydrogens (tertiary/aromatic N) is 1. The second-order valence-corrected chi connectivity index (χ2v) is 10.2. The molecule has 0 unspecified atom stereocenters. The number of carbonyl (C=O) groups excluding carboxylic acids is 2. The molecule has 0 spiro atoms. The number of carbonyl (C=O) groups is 2. The molecular weight excluding hydrogens is 414 g/mol. The standard InChI is InChI=1S/C26H37N5O2/c1-25(2,3)18-14-17(15-19(16-18)26(4,5)6)22(32)31-21-11-8-7-10-20(21)23(33)29-12-9-13-30-24(27)28/h7-8,10-11,14-16H,9,12-13H2,1-6H3,(H,29,33)(H,31,32)(H4,27,28,30). The van der Waals surface area contributed by atoms with E-state index in [1.807, 2.05) is 12.1 Å². The Morgan fingerprint density at radius 2 is 1.45 bits per heavy atom. The van der Waals surface area contributed by atoms with Crippen LogP contribution in [-0.4, -0.2) is 30.9 Å². The quantitative estimate of drug-likeness (QED) is 0.289. The predicted molar refractivity (Wildman–Crippen MR) is 136 cm³/mol. The Hall–Kier alpha value is -3.35. The van der Waals surface area contributed by atoms with Gasteiger partial charge in [0.15, 0.2) is 5.96 Å². The van der Waals surface area contributed by atoms with Crippen molar-refractivity contribution in [3.05, 3.63) is 64.7 Å². The van der Waals surface area contributed by atoms with E-state index in [0.29, 0.717) is 36.3 Å². The number of anilines is 1. The van der Waals surface area contributed by atoms with Crippen molar-refractivity contribution in [2.24, 2.45) is 16.5 Å². The Bertz CT molecular complexity index is 993. The van der Waals surface area contributed by atoms with Gasteiger partial charge in [-0.3, -0.25) is 14.6 Å². The van der Waals surface area contributed by atoms with Gasteiger partial charge in [-0.1, -0.05) is 59.7 Å². The zero-order valence-corrected chi connectivity index (χ0v) is 20.6. The number of amides is 2. The molecule has 2 aromatic carbocycles. The van der Waals surface area contributed by atoms with E-state index in [9.17, 15) is 9.59 Å². The lowest BCUT2D eigenvalue weighted by molar-refractivity contribution is 0.0954. The second-order valence-electron chi connectivity index (χ2n) is 10.2. The first-order chi connectivity index (χ1) is 15.3. The monoisotopic (exact) mass is 451 g/mol. The molecule has 0 aliphatic carbocycles. The smallest absolute Gasteiger partial charge is 0.255 e. The number of rotatable bonds is 7. The van der Waals surface area contributed by atoms with Crippen LogP contribution in [0.3, 0.4) is 0 Å². The first-order valence-corrected chi connectivity index (χ1v) is 11.2. The Balaban J connectivity index is 2.24. The number of guanidine groups is 1. The van der Waals surface area contributed by atoms with Crippen LogP contribution in [0.5, 0.6) is 0 Å². The van der Waals surface area contributed by atoms with E-state index in [4.69, 9.17) is 11.5 Å². The lowest BCUT2D eigenvalue weighted by Gasteiger charge is -2.26. The largest absolute Gasteiger partial charge is 0.370 e. The van der Waals surface area contributed by atoms with Gasteiger partial charge in [0.2, 0.25) is 0 Å². The molecule has 0 aliphatic rings. The Morgan fingerprint density at radius 1 is 0.879 bits per heavy atom. The maximum absolute atomic E-state index is 13.2. The number of hydrogen-bond acceptors (Lipinski definition) is 3. The van der Waals surface area contributed by atoms with Crippen LogP contribution in [0.15, 0.2) is 47.5 Å². The van der Waals surface area contributed by atoms with Crippen molar-refractivity contribution >= 4 is 23.5 Å². The van der Waals surface area contributed by atoms with E-state index < -0.39 is 0 Å². The lowest BCUT2D eigenvalue weighted by atomic mass is 9.79. The van der Waals surface area contributed by atoms with Crippen LogP contribution >= 0.6 is 0 Å². The van der Waals surface area contributed by atoms with Gasteiger partial charge in [-0.25, -0.2) is 0 Å². The first kappa shape index (κ1) is 25.9. The third-order valence-electron chi connectivity index (χ3n) is 5.26. The highest BCUT2D eigenvalue weighted by atomic mass is 16.2. The molecule has 7 heteroatoms. The molecule has 0 saturated carbocycles. The molecule has 0 aliphatic heterocycles. The molecule has 2 aromatic rings. The summed E-state index contributed by atoms with van der Waals surface area (Å²) in [4.78, 5) is 29.8. The van der Waals surface area contributed by atoms with Crippen LogP contribution in [0.2, 0.25) is 0 Å². The minimum atomic E-state index is -0.269. The summed E-state index contributed by atoms with van der Waals surface area (Å²) in [6.45, 7) is 13.6. The fraction of sp³-hybridized carbons (Fsp3) is 0.423. The van der Waals surface area contributed by atoms with Gasteiger partial charge in [-0.05, 0) is 52.6 Å². The molecule has 0 aromatic heterocycles. The summed E-state index contributed by atoms with van der Waals surface area (Å²) in [7, 11) is 0. The van der Waals surface area contributed by atoms with Gasteiger partial charge in [0.25, 0.3) is 11.8 Å². The Morgan fingerprint density at radius 3 is 2.00 bits per heavy atom. The molecule has 6 N–H and O–H groups in total. The SMILES string of the molecule is CC(C)(C)c1cc(C(=O)Nc2ccccc2C(=O)NCCCN=C(N)N)cc(C(C)(C)C)c1. The van der Waals surface area contributed by atoms with Crippen molar-refractivity contribution in [1.82, 2.24) is 5.32 Å². The maximum atomic E-state index is 13.2. The molecular formula is C26H37N5O2. The molecule has 0 heterocycles. The van der Waals surface area contributed by atoms with Crippen molar-refractivity contribution in [2.75, 3.05) is 18.4 Å². The number of hydrogen-bond donors (Lipinski definition) is 4. The van der Waals surface area contributed by atoms with Gasteiger partial charge in [0.05, 0.1) is 11.3 Å². The predicted octanol–water partition coefficient (Wildman–Crippen LogP) is 3.93. The molecule has 7 nitrogen and oxygen atoms in total. The second kappa shape index (κ2) is 10.5. The summed E-state index contributed by atoms with van der Waals surface area (Å²) in [6.07, 6.45) is 0.605. The molecule has 2 amide bonds. The van der Waals surface area contributed by atoms with E-state index in [1.165, 1.54) is 0 Å². The van der Waals surface area contributed by atoms with Crippen LogP contribution in [0.25, 0.3) is 0 Å². The minimum absolute atomic E-state index is 0.0273. The summed E-state index contributed by atoms with van der Waals surface area (Å²) in [5.74, 6) is -0.492. The maximum Gasteiger partial charge on any atom is 0.255 e. The van der Waals surface area contributed by atoms with Gasteiger partial charge in [0.1, 0.15) is 0 Å². The molecule has 178 valence electrons. The topological polar surface area (TPSA) is 123 Å². The summed E-state index contributed by atoms with van der Waals surface area (Å²) in [5.41, 5.74) is 14.0. The third kappa shape index (κ3) is 7.63. The van der Waals surface area contributed by atoms with Gasteiger partial charge in [-0.15, -0.1) is 0 Å². The summed E-state index contributed by atoms with van der Waals surface area (Å²) in [6, 6.07) is 13.0. The average Bonchev–Trinajstić information content (AvgIpc) is 2.72. The summed E-state index contributed by atoms with van der Waals surface area (Å²) in [5, 5.41) is 5.77. The molecule has 0 bridgehead atoms. The third-order valence-corrected chi connectivity index (χ3v) is 5.26. The normalized spacial score (nSPS) is 11.6. The average molecular weight is 452 g/mol. The molecule has 0 atom stereocenters. The highest BCUT2D eigenvalue weighted by molar-refractivity contribution is 6.09. The van der Waals surface area contributed by atoms with E-state index >= 15 is 0 Å². The highest BCUT2D eigenvalue weighted by Gasteiger charge is 2.23. The molecule has 2 rings (SSSR count). The van der Waals surface area contributed by atoms with Crippen molar-refractivity contribution in [3.63, 3.8) is 0 Å². The van der Waals surface area contributed by atoms with Gasteiger partial charge in [-0.2, -0.15) is 0 Å². The molecule has 0 radical (unpaired) electrons. The van der Waals surface area contributed by atoms with Crippen molar-refractivity contribution < 1.29 is 9.59 Å².